The van der Waals surface area contributed by atoms with E-state index in [9.17, 15) is 21.6 Å². The Morgan fingerprint density at radius 2 is 1.34 bits per heavy atom. The van der Waals surface area contributed by atoms with Gasteiger partial charge in [-0.15, -0.1) is 11.3 Å². The molecule has 0 aliphatic rings. The molecule has 0 unspecified atom stereocenters. The molecule has 1 aromatic heterocycles. The molecule has 0 saturated carbocycles. The highest BCUT2D eigenvalue weighted by Crippen LogP contribution is 2.32. The summed E-state index contributed by atoms with van der Waals surface area (Å²) in [6.45, 7) is 0. The number of alkyl halides is 3. The summed E-state index contributed by atoms with van der Waals surface area (Å²) in [6.07, 6.45) is -4.44. The number of hydrogen-bond donors (Lipinski definition) is 1. The molecule has 0 amide bonds. The monoisotopic (exact) mass is 552 g/mol. The van der Waals surface area contributed by atoms with E-state index >= 15 is 0 Å². The number of rotatable bonds is 7. The molecule has 5 rings (SSSR count). The third-order valence-electron chi connectivity index (χ3n) is 5.51. The number of aromatic nitrogens is 1. The SMILES string of the molecule is O=S(=O)(Nc1ccc(-c2csc(-c3ccccc3)n2)cc1)c1ccc(Oc2ccc(C(F)(F)F)cc2)cc1. The Balaban J connectivity index is 1.24. The highest BCUT2D eigenvalue weighted by Gasteiger charge is 2.30. The summed E-state index contributed by atoms with van der Waals surface area (Å²) in [6, 6.07) is 26.6. The summed E-state index contributed by atoms with van der Waals surface area (Å²) in [5.41, 5.74) is 2.29. The van der Waals surface area contributed by atoms with Crippen LogP contribution in [0.15, 0.2) is 113 Å². The minimum Gasteiger partial charge on any atom is -0.457 e. The Labute approximate surface area is 221 Å². The van der Waals surface area contributed by atoms with E-state index in [2.05, 4.69) is 9.71 Å². The molecule has 0 atom stereocenters. The largest absolute Gasteiger partial charge is 0.457 e. The van der Waals surface area contributed by atoms with E-state index in [4.69, 9.17) is 4.74 Å². The second-order valence-electron chi connectivity index (χ2n) is 8.18. The van der Waals surface area contributed by atoms with Crippen molar-refractivity contribution in [3.8, 4) is 33.3 Å². The summed E-state index contributed by atoms with van der Waals surface area (Å²) in [5, 5.41) is 2.85. The summed E-state index contributed by atoms with van der Waals surface area (Å²) in [7, 11) is -3.88. The topological polar surface area (TPSA) is 68.3 Å². The van der Waals surface area contributed by atoms with Crippen LogP contribution in [-0.4, -0.2) is 13.4 Å². The fourth-order valence-electron chi connectivity index (χ4n) is 3.58. The first-order chi connectivity index (χ1) is 18.2. The Morgan fingerprint density at radius 1 is 0.737 bits per heavy atom. The summed E-state index contributed by atoms with van der Waals surface area (Å²) in [5.74, 6) is 0.481. The minimum absolute atomic E-state index is 0.00773. The van der Waals surface area contributed by atoms with E-state index in [1.807, 2.05) is 35.7 Å². The first-order valence-electron chi connectivity index (χ1n) is 11.3. The third-order valence-corrected chi connectivity index (χ3v) is 7.80. The van der Waals surface area contributed by atoms with Crippen molar-refractivity contribution in [1.82, 2.24) is 4.98 Å². The van der Waals surface area contributed by atoms with Gasteiger partial charge in [-0.05, 0) is 60.7 Å². The lowest BCUT2D eigenvalue weighted by atomic mass is 10.1. The molecule has 1 heterocycles. The van der Waals surface area contributed by atoms with E-state index < -0.39 is 21.8 Å². The van der Waals surface area contributed by atoms with Gasteiger partial charge in [0.1, 0.15) is 16.5 Å². The Kier molecular flexibility index (Phi) is 6.92. The molecule has 10 heteroatoms. The van der Waals surface area contributed by atoms with Gasteiger partial charge in [0.15, 0.2) is 0 Å². The molecule has 0 aliphatic carbocycles. The molecule has 0 aliphatic heterocycles. The zero-order chi connectivity index (χ0) is 26.8. The molecule has 192 valence electrons. The maximum Gasteiger partial charge on any atom is 0.416 e. The van der Waals surface area contributed by atoms with Crippen LogP contribution >= 0.6 is 11.3 Å². The van der Waals surface area contributed by atoms with Gasteiger partial charge >= 0.3 is 6.18 Å². The number of benzene rings is 4. The molecular formula is C28H19F3N2O3S2. The highest BCUT2D eigenvalue weighted by molar-refractivity contribution is 7.92. The van der Waals surface area contributed by atoms with Crippen LogP contribution in [0.3, 0.4) is 0 Å². The molecule has 0 spiro atoms. The van der Waals surface area contributed by atoms with E-state index in [0.29, 0.717) is 5.69 Å². The van der Waals surface area contributed by atoms with Crippen LogP contribution in [0.5, 0.6) is 11.5 Å². The zero-order valence-electron chi connectivity index (χ0n) is 19.5. The second kappa shape index (κ2) is 10.3. The van der Waals surface area contributed by atoms with Crippen LogP contribution in [0.2, 0.25) is 0 Å². The Morgan fingerprint density at radius 3 is 1.95 bits per heavy atom. The average Bonchev–Trinajstić information content (AvgIpc) is 3.40. The van der Waals surface area contributed by atoms with Crippen molar-refractivity contribution in [3.63, 3.8) is 0 Å². The van der Waals surface area contributed by atoms with Gasteiger partial charge in [0.25, 0.3) is 10.0 Å². The summed E-state index contributed by atoms with van der Waals surface area (Å²) >= 11 is 1.53. The molecule has 4 aromatic carbocycles. The second-order valence-corrected chi connectivity index (χ2v) is 10.7. The smallest absolute Gasteiger partial charge is 0.416 e. The van der Waals surface area contributed by atoms with Crippen LogP contribution < -0.4 is 9.46 Å². The molecule has 0 saturated heterocycles. The average molecular weight is 553 g/mol. The molecule has 5 nitrogen and oxygen atoms in total. The lowest BCUT2D eigenvalue weighted by molar-refractivity contribution is -0.137. The van der Waals surface area contributed by atoms with Gasteiger partial charge < -0.3 is 4.74 Å². The van der Waals surface area contributed by atoms with Crippen LogP contribution in [-0.2, 0) is 16.2 Å². The normalized spacial score (nSPS) is 11.8. The van der Waals surface area contributed by atoms with Crippen molar-refractivity contribution < 1.29 is 26.3 Å². The molecule has 38 heavy (non-hydrogen) atoms. The maximum absolute atomic E-state index is 12.8. The number of thiazole rings is 1. The van der Waals surface area contributed by atoms with Crippen molar-refractivity contribution in [1.29, 1.82) is 0 Å². The molecule has 1 N–H and O–H groups in total. The molecule has 0 bridgehead atoms. The third kappa shape index (κ3) is 5.87. The van der Waals surface area contributed by atoms with Crippen LogP contribution in [0.25, 0.3) is 21.8 Å². The van der Waals surface area contributed by atoms with Crippen LogP contribution in [0.4, 0.5) is 18.9 Å². The first kappa shape index (κ1) is 25.5. The van der Waals surface area contributed by atoms with Gasteiger partial charge in [0.2, 0.25) is 0 Å². The lowest BCUT2D eigenvalue weighted by Crippen LogP contribution is -2.12. The molecule has 5 aromatic rings. The van der Waals surface area contributed by atoms with Gasteiger partial charge in [-0.2, -0.15) is 13.2 Å². The Bertz CT molecular complexity index is 1630. The van der Waals surface area contributed by atoms with Crippen molar-refractivity contribution >= 4 is 27.0 Å². The maximum atomic E-state index is 12.8. The zero-order valence-corrected chi connectivity index (χ0v) is 21.1. The standard InChI is InChI=1S/C28H19F3N2O3S2/c29-28(30,31)21-8-12-23(13-9-21)36-24-14-16-25(17-15-24)38(34,35)33-22-10-6-19(7-11-22)26-18-37-27(32-26)20-4-2-1-3-5-20/h1-18,33H. The van der Waals surface area contributed by atoms with E-state index in [-0.39, 0.29) is 16.4 Å². The number of nitrogens with zero attached hydrogens (tertiary/aromatic N) is 1. The number of ether oxygens (including phenoxy) is 1. The van der Waals surface area contributed by atoms with E-state index in [1.165, 1.54) is 47.7 Å². The minimum atomic E-state index is -4.44. The Hall–Kier alpha value is -4.15. The van der Waals surface area contributed by atoms with Gasteiger partial charge in [-0.3, -0.25) is 4.72 Å². The number of halogens is 3. The highest BCUT2D eigenvalue weighted by atomic mass is 32.2. The van der Waals surface area contributed by atoms with Gasteiger partial charge in [0.05, 0.1) is 16.2 Å². The number of hydrogen-bond acceptors (Lipinski definition) is 5. The summed E-state index contributed by atoms with van der Waals surface area (Å²) < 4.78 is 71.9. The summed E-state index contributed by atoms with van der Waals surface area (Å²) in [4.78, 5) is 4.68. The first-order valence-corrected chi connectivity index (χ1v) is 13.6. The van der Waals surface area contributed by atoms with Gasteiger partial charge in [-0.25, -0.2) is 13.4 Å². The van der Waals surface area contributed by atoms with Gasteiger partial charge in [0, 0.05) is 22.2 Å². The number of anilines is 1. The van der Waals surface area contributed by atoms with Crippen molar-refractivity contribution in [2.75, 3.05) is 4.72 Å². The van der Waals surface area contributed by atoms with Crippen molar-refractivity contribution in [3.05, 3.63) is 114 Å². The number of sulfonamides is 1. The van der Waals surface area contributed by atoms with Gasteiger partial charge in [-0.1, -0.05) is 42.5 Å². The van der Waals surface area contributed by atoms with E-state index in [1.54, 1.807) is 24.3 Å². The molecule has 0 fully saturated rings. The van der Waals surface area contributed by atoms with E-state index in [0.717, 1.165) is 34.0 Å². The molecule has 0 radical (unpaired) electrons. The predicted octanol–water partition coefficient (Wildman–Crippen LogP) is 8.09. The fraction of sp³-hybridized carbons (Fsp3) is 0.0357. The fourth-order valence-corrected chi connectivity index (χ4v) is 5.47. The lowest BCUT2D eigenvalue weighted by Gasteiger charge is -2.11. The quantitative estimate of drug-likeness (QED) is 0.222. The van der Waals surface area contributed by atoms with Crippen LogP contribution in [0, 0.1) is 0 Å². The van der Waals surface area contributed by atoms with Crippen molar-refractivity contribution in [2.45, 2.75) is 11.1 Å². The predicted molar refractivity (Wildman–Crippen MR) is 142 cm³/mol. The molecular weight excluding hydrogens is 533 g/mol. The van der Waals surface area contributed by atoms with Crippen LogP contribution in [0.1, 0.15) is 5.56 Å². The number of nitrogens with one attached hydrogen (secondary N) is 1. The van der Waals surface area contributed by atoms with Crippen molar-refractivity contribution in [2.24, 2.45) is 0 Å².